The molecule has 0 aromatic heterocycles. The van der Waals surface area contributed by atoms with Crippen molar-refractivity contribution >= 4 is 17.3 Å². The molecule has 160 valence electrons. The van der Waals surface area contributed by atoms with Gasteiger partial charge in [0.2, 0.25) is 0 Å². The summed E-state index contributed by atoms with van der Waals surface area (Å²) in [6.45, 7) is 2.83. The Kier molecular flexibility index (Phi) is 7.29. The van der Waals surface area contributed by atoms with E-state index < -0.39 is 0 Å². The molecule has 0 unspecified atom stereocenters. The number of halogens is 1. The van der Waals surface area contributed by atoms with Crippen LogP contribution in [0.25, 0.3) is 0 Å². The van der Waals surface area contributed by atoms with Crippen LogP contribution >= 0.6 is 11.6 Å². The van der Waals surface area contributed by atoms with E-state index in [4.69, 9.17) is 21.2 Å². The quantitative estimate of drug-likeness (QED) is 0.528. The first-order chi connectivity index (χ1) is 14.7. The third-order valence-electron chi connectivity index (χ3n) is 6.48. The number of oxime groups is 1. The number of ether oxygens (including phenoxy) is 1. The molecule has 0 spiro atoms. The molecule has 5 heteroatoms. The van der Waals surface area contributed by atoms with Gasteiger partial charge in [-0.1, -0.05) is 47.1 Å². The van der Waals surface area contributed by atoms with Gasteiger partial charge < -0.3 is 14.5 Å². The molecule has 1 saturated heterocycles. The summed E-state index contributed by atoms with van der Waals surface area (Å²) in [5.74, 6) is 1.49. The Morgan fingerprint density at radius 3 is 2.43 bits per heavy atom. The van der Waals surface area contributed by atoms with Crippen molar-refractivity contribution in [3.05, 3.63) is 64.7 Å². The minimum Gasteiger partial charge on any atom is -0.496 e. The summed E-state index contributed by atoms with van der Waals surface area (Å²) in [4.78, 5) is 8.26. The molecule has 2 aliphatic rings. The monoisotopic (exact) mass is 426 g/mol. The van der Waals surface area contributed by atoms with Crippen LogP contribution in [0.3, 0.4) is 0 Å². The van der Waals surface area contributed by atoms with Crippen LogP contribution in [0, 0.1) is 0 Å². The van der Waals surface area contributed by atoms with Gasteiger partial charge in [-0.15, -0.1) is 0 Å². The topological polar surface area (TPSA) is 34.1 Å². The lowest BCUT2D eigenvalue weighted by Gasteiger charge is -2.39. The van der Waals surface area contributed by atoms with Gasteiger partial charge in [0.05, 0.1) is 12.8 Å². The molecule has 1 aliphatic heterocycles. The predicted octanol–water partition coefficient (Wildman–Crippen LogP) is 6.04. The summed E-state index contributed by atoms with van der Waals surface area (Å²) >= 11 is 6.24. The van der Waals surface area contributed by atoms with Crippen molar-refractivity contribution < 1.29 is 9.57 Å². The fourth-order valence-corrected chi connectivity index (χ4v) is 4.94. The van der Waals surface area contributed by atoms with Crippen LogP contribution in [0.2, 0.25) is 5.02 Å². The maximum absolute atomic E-state index is 6.24. The molecule has 2 fully saturated rings. The Labute approximate surface area is 184 Å². The van der Waals surface area contributed by atoms with Gasteiger partial charge in [-0.25, -0.2) is 0 Å². The largest absolute Gasteiger partial charge is 0.496 e. The van der Waals surface area contributed by atoms with Crippen molar-refractivity contribution in [2.24, 2.45) is 5.16 Å². The maximum atomic E-state index is 6.24. The molecule has 2 aromatic carbocycles. The zero-order valence-electron chi connectivity index (χ0n) is 17.7. The highest BCUT2D eigenvalue weighted by atomic mass is 35.5. The van der Waals surface area contributed by atoms with Crippen LogP contribution in [0.1, 0.15) is 55.6 Å². The molecule has 30 heavy (non-hydrogen) atoms. The highest BCUT2D eigenvalue weighted by Gasteiger charge is 2.29. The first-order valence-corrected chi connectivity index (χ1v) is 11.4. The SMILES string of the molecule is COc1ccc(Cl)cc1C1CCN(C2CCC(=NOCc3ccccc3)CC2)CC1. The minimum atomic E-state index is 0.530. The van der Waals surface area contributed by atoms with E-state index in [-0.39, 0.29) is 0 Å². The van der Waals surface area contributed by atoms with E-state index in [9.17, 15) is 0 Å². The fourth-order valence-electron chi connectivity index (χ4n) is 4.76. The van der Waals surface area contributed by atoms with E-state index in [0.717, 1.165) is 55.1 Å². The smallest absolute Gasteiger partial charge is 0.142 e. The normalized spacial score (nSPS) is 20.7. The predicted molar refractivity (Wildman–Crippen MR) is 122 cm³/mol. The number of rotatable bonds is 6. The zero-order valence-corrected chi connectivity index (χ0v) is 18.5. The fraction of sp³-hybridized carbons (Fsp3) is 0.480. The second-order valence-electron chi connectivity index (χ2n) is 8.34. The third kappa shape index (κ3) is 5.35. The van der Waals surface area contributed by atoms with E-state index in [1.54, 1.807) is 7.11 Å². The summed E-state index contributed by atoms with van der Waals surface area (Å²) in [7, 11) is 1.74. The first kappa shape index (κ1) is 21.2. The standard InChI is InChI=1S/C25H31ClN2O2/c1-29-25-12-7-21(26)17-24(25)20-13-15-28(16-14-20)23-10-8-22(9-11-23)27-30-18-19-5-3-2-4-6-19/h2-7,12,17,20,23H,8-11,13-16,18H2,1H3. The average Bonchev–Trinajstić information content (AvgIpc) is 2.80. The number of benzene rings is 2. The van der Waals surface area contributed by atoms with Gasteiger partial charge >= 0.3 is 0 Å². The van der Waals surface area contributed by atoms with Crippen LogP contribution in [-0.4, -0.2) is 36.9 Å². The Balaban J connectivity index is 1.24. The van der Waals surface area contributed by atoms with Gasteiger partial charge in [0, 0.05) is 11.1 Å². The number of methoxy groups -OCH3 is 1. The Morgan fingerprint density at radius 2 is 1.73 bits per heavy atom. The van der Waals surface area contributed by atoms with Gasteiger partial charge in [-0.3, -0.25) is 0 Å². The number of likely N-dealkylation sites (tertiary alicyclic amines) is 1. The lowest BCUT2D eigenvalue weighted by Crippen LogP contribution is -2.42. The molecule has 1 heterocycles. The molecule has 0 N–H and O–H groups in total. The highest BCUT2D eigenvalue weighted by Crippen LogP contribution is 2.37. The number of nitrogens with zero attached hydrogens (tertiary/aromatic N) is 2. The van der Waals surface area contributed by atoms with E-state index in [0.29, 0.717) is 18.6 Å². The summed E-state index contributed by atoms with van der Waals surface area (Å²) in [6, 6.07) is 16.9. The molecule has 4 nitrogen and oxygen atoms in total. The molecule has 0 radical (unpaired) electrons. The first-order valence-electron chi connectivity index (χ1n) is 11.0. The summed E-state index contributed by atoms with van der Waals surface area (Å²) in [5.41, 5.74) is 3.63. The van der Waals surface area contributed by atoms with Crippen molar-refractivity contribution in [2.45, 2.75) is 57.1 Å². The van der Waals surface area contributed by atoms with Crippen LogP contribution in [0.15, 0.2) is 53.7 Å². The van der Waals surface area contributed by atoms with E-state index in [2.05, 4.69) is 28.3 Å². The Bertz CT molecular complexity index is 837. The van der Waals surface area contributed by atoms with Crippen LogP contribution < -0.4 is 4.74 Å². The second-order valence-corrected chi connectivity index (χ2v) is 8.78. The Hall–Kier alpha value is -2.04. The highest BCUT2D eigenvalue weighted by molar-refractivity contribution is 6.30. The molecule has 0 atom stereocenters. The van der Waals surface area contributed by atoms with Crippen molar-refractivity contribution in [2.75, 3.05) is 20.2 Å². The van der Waals surface area contributed by atoms with Gasteiger partial charge in [-0.05, 0) is 86.9 Å². The molecule has 4 rings (SSSR count). The van der Waals surface area contributed by atoms with Gasteiger partial charge in [0.1, 0.15) is 12.4 Å². The molecule has 0 bridgehead atoms. The van der Waals surface area contributed by atoms with E-state index >= 15 is 0 Å². The summed E-state index contributed by atoms with van der Waals surface area (Å²) in [6.07, 6.45) is 6.77. The van der Waals surface area contributed by atoms with Crippen molar-refractivity contribution in [1.82, 2.24) is 4.90 Å². The molecule has 1 aliphatic carbocycles. The minimum absolute atomic E-state index is 0.530. The summed E-state index contributed by atoms with van der Waals surface area (Å²) < 4.78 is 5.57. The molecular weight excluding hydrogens is 396 g/mol. The Morgan fingerprint density at radius 1 is 1.00 bits per heavy atom. The molecule has 0 amide bonds. The lowest BCUT2D eigenvalue weighted by atomic mass is 9.86. The summed E-state index contributed by atoms with van der Waals surface area (Å²) in [5, 5.41) is 5.20. The van der Waals surface area contributed by atoms with Crippen molar-refractivity contribution in [3.63, 3.8) is 0 Å². The molecule has 1 saturated carbocycles. The van der Waals surface area contributed by atoms with E-state index in [1.807, 2.05) is 30.3 Å². The second kappa shape index (κ2) is 10.3. The molecular formula is C25H31ClN2O2. The number of piperidine rings is 1. The third-order valence-corrected chi connectivity index (χ3v) is 6.71. The van der Waals surface area contributed by atoms with Gasteiger partial charge in [0.15, 0.2) is 0 Å². The number of hydrogen-bond acceptors (Lipinski definition) is 4. The zero-order chi connectivity index (χ0) is 20.8. The number of hydrogen-bond donors (Lipinski definition) is 0. The van der Waals surface area contributed by atoms with Crippen LogP contribution in [0.4, 0.5) is 0 Å². The van der Waals surface area contributed by atoms with Gasteiger partial charge in [-0.2, -0.15) is 0 Å². The van der Waals surface area contributed by atoms with Crippen molar-refractivity contribution in [3.8, 4) is 5.75 Å². The molecule has 2 aromatic rings. The van der Waals surface area contributed by atoms with Gasteiger partial charge in [0.25, 0.3) is 0 Å². The van der Waals surface area contributed by atoms with E-state index in [1.165, 1.54) is 24.1 Å². The lowest BCUT2D eigenvalue weighted by molar-refractivity contribution is 0.120. The van der Waals surface area contributed by atoms with Crippen LogP contribution in [0.5, 0.6) is 5.75 Å². The van der Waals surface area contributed by atoms with Crippen LogP contribution in [-0.2, 0) is 11.4 Å². The van der Waals surface area contributed by atoms with Crippen molar-refractivity contribution in [1.29, 1.82) is 0 Å². The maximum Gasteiger partial charge on any atom is 0.142 e. The average molecular weight is 427 g/mol.